The second kappa shape index (κ2) is 8.13. The molecule has 0 atom stereocenters. The lowest BCUT2D eigenvalue weighted by Crippen LogP contribution is -2.22. The van der Waals surface area contributed by atoms with Gasteiger partial charge in [0, 0.05) is 11.0 Å². The second-order valence-corrected chi connectivity index (χ2v) is 6.44. The first-order chi connectivity index (χ1) is 11.0. The maximum absolute atomic E-state index is 12.1. The van der Waals surface area contributed by atoms with Gasteiger partial charge in [-0.2, -0.15) is 0 Å². The Morgan fingerprint density at radius 1 is 1.17 bits per heavy atom. The van der Waals surface area contributed by atoms with Crippen LogP contribution in [0.5, 0.6) is 5.75 Å². The molecule has 0 aromatic heterocycles. The quantitative estimate of drug-likeness (QED) is 0.799. The standard InChI is InChI=1S/C18H20BrNO3/c1-12(2)23-11-14-5-3-13(4-6-14)10-20-18(22)16-9-15(19)7-8-17(16)21/h3-9,12,21H,10-11H2,1-2H3,(H,20,22). The highest BCUT2D eigenvalue weighted by Crippen LogP contribution is 2.21. The average molecular weight is 378 g/mol. The first-order valence-electron chi connectivity index (χ1n) is 7.42. The number of ether oxygens (including phenoxy) is 1. The van der Waals surface area contributed by atoms with Crippen molar-refractivity contribution in [1.29, 1.82) is 0 Å². The maximum Gasteiger partial charge on any atom is 0.255 e. The van der Waals surface area contributed by atoms with Crippen LogP contribution in [-0.2, 0) is 17.9 Å². The predicted molar refractivity (Wildman–Crippen MR) is 93.3 cm³/mol. The minimum atomic E-state index is -0.309. The number of carbonyl (C=O) groups excluding carboxylic acids is 1. The van der Waals surface area contributed by atoms with Crippen LogP contribution in [0.1, 0.15) is 35.3 Å². The van der Waals surface area contributed by atoms with Gasteiger partial charge in [0.15, 0.2) is 0 Å². The SMILES string of the molecule is CC(C)OCc1ccc(CNC(=O)c2cc(Br)ccc2O)cc1. The molecule has 122 valence electrons. The number of halogens is 1. The number of benzene rings is 2. The molecule has 0 heterocycles. The number of phenols is 1. The summed E-state index contributed by atoms with van der Waals surface area (Å²) in [7, 11) is 0. The van der Waals surface area contributed by atoms with Gasteiger partial charge in [0.1, 0.15) is 5.75 Å². The lowest BCUT2D eigenvalue weighted by Gasteiger charge is -2.09. The zero-order valence-corrected chi connectivity index (χ0v) is 14.8. The van der Waals surface area contributed by atoms with Gasteiger partial charge in [0.05, 0.1) is 18.3 Å². The Bertz CT molecular complexity index is 668. The van der Waals surface area contributed by atoms with E-state index in [-0.39, 0.29) is 23.3 Å². The van der Waals surface area contributed by atoms with Crippen molar-refractivity contribution in [3.63, 3.8) is 0 Å². The van der Waals surface area contributed by atoms with E-state index < -0.39 is 0 Å². The van der Waals surface area contributed by atoms with Gasteiger partial charge >= 0.3 is 0 Å². The van der Waals surface area contributed by atoms with Crippen LogP contribution in [-0.4, -0.2) is 17.1 Å². The summed E-state index contributed by atoms with van der Waals surface area (Å²) >= 11 is 3.29. The maximum atomic E-state index is 12.1. The fourth-order valence-electron chi connectivity index (χ4n) is 1.98. The minimum Gasteiger partial charge on any atom is -0.507 e. The molecule has 0 saturated carbocycles. The van der Waals surface area contributed by atoms with E-state index in [2.05, 4.69) is 21.2 Å². The molecule has 2 aromatic carbocycles. The number of hydrogen-bond donors (Lipinski definition) is 2. The molecule has 4 nitrogen and oxygen atoms in total. The summed E-state index contributed by atoms with van der Waals surface area (Å²) in [6.07, 6.45) is 0.201. The fraction of sp³-hybridized carbons (Fsp3) is 0.278. The zero-order valence-electron chi connectivity index (χ0n) is 13.2. The van der Waals surface area contributed by atoms with Crippen molar-refractivity contribution < 1.29 is 14.6 Å². The third kappa shape index (κ3) is 5.37. The Kier molecular flexibility index (Phi) is 6.19. The minimum absolute atomic E-state index is 0.0353. The van der Waals surface area contributed by atoms with Gasteiger partial charge in [-0.15, -0.1) is 0 Å². The number of phenolic OH excluding ortho intramolecular Hbond substituents is 1. The molecule has 2 rings (SSSR count). The van der Waals surface area contributed by atoms with Crippen molar-refractivity contribution in [3.05, 3.63) is 63.6 Å². The van der Waals surface area contributed by atoms with Crippen LogP contribution in [0.15, 0.2) is 46.9 Å². The predicted octanol–water partition coefficient (Wildman–Crippen LogP) is 4.01. The van der Waals surface area contributed by atoms with E-state index >= 15 is 0 Å². The van der Waals surface area contributed by atoms with Gasteiger partial charge in [-0.3, -0.25) is 4.79 Å². The van der Waals surface area contributed by atoms with Crippen molar-refractivity contribution in [1.82, 2.24) is 5.32 Å². The summed E-state index contributed by atoms with van der Waals surface area (Å²) in [6.45, 7) is 4.98. The number of aromatic hydroxyl groups is 1. The Morgan fingerprint density at radius 3 is 2.48 bits per heavy atom. The molecule has 2 aromatic rings. The molecule has 0 fully saturated rings. The summed E-state index contributed by atoms with van der Waals surface area (Å²) in [4.78, 5) is 12.1. The summed E-state index contributed by atoms with van der Waals surface area (Å²) in [5.41, 5.74) is 2.33. The van der Waals surface area contributed by atoms with Crippen LogP contribution in [0.25, 0.3) is 0 Å². The van der Waals surface area contributed by atoms with Gasteiger partial charge in [0.2, 0.25) is 0 Å². The summed E-state index contributed by atoms with van der Waals surface area (Å²) in [6, 6.07) is 12.7. The average Bonchev–Trinajstić information content (AvgIpc) is 2.53. The van der Waals surface area contributed by atoms with Gasteiger partial charge in [-0.25, -0.2) is 0 Å². The van der Waals surface area contributed by atoms with E-state index in [9.17, 15) is 9.90 Å². The first kappa shape index (κ1) is 17.5. The molecule has 0 radical (unpaired) electrons. The molecular weight excluding hydrogens is 358 g/mol. The van der Waals surface area contributed by atoms with Crippen LogP contribution < -0.4 is 5.32 Å². The van der Waals surface area contributed by atoms with Gasteiger partial charge in [0.25, 0.3) is 5.91 Å². The molecule has 0 saturated heterocycles. The Morgan fingerprint density at radius 2 is 1.83 bits per heavy atom. The topological polar surface area (TPSA) is 58.6 Å². The van der Waals surface area contributed by atoms with Crippen LogP contribution in [0.4, 0.5) is 0 Å². The van der Waals surface area contributed by atoms with Gasteiger partial charge < -0.3 is 15.2 Å². The molecule has 2 N–H and O–H groups in total. The Labute approximate surface area is 144 Å². The molecule has 0 bridgehead atoms. The van der Waals surface area contributed by atoms with E-state index in [0.29, 0.717) is 13.2 Å². The van der Waals surface area contributed by atoms with Gasteiger partial charge in [-0.05, 0) is 43.2 Å². The molecule has 5 heteroatoms. The molecule has 0 aliphatic rings. The van der Waals surface area contributed by atoms with E-state index in [1.54, 1.807) is 12.1 Å². The summed E-state index contributed by atoms with van der Waals surface area (Å²) in [5, 5.41) is 12.5. The molecule has 0 aliphatic heterocycles. The lowest BCUT2D eigenvalue weighted by atomic mass is 10.1. The number of rotatable bonds is 6. The Hall–Kier alpha value is -1.85. The smallest absolute Gasteiger partial charge is 0.255 e. The van der Waals surface area contributed by atoms with Crippen molar-refractivity contribution in [2.45, 2.75) is 33.1 Å². The zero-order chi connectivity index (χ0) is 16.8. The molecular formula is C18H20BrNO3. The highest BCUT2D eigenvalue weighted by Gasteiger charge is 2.11. The van der Waals surface area contributed by atoms with Crippen molar-refractivity contribution >= 4 is 21.8 Å². The highest BCUT2D eigenvalue weighted by atomic mass is 79.9. The van der Waals surface area contributed by atoms with E-state index in [4.69, 9.17) is 4.74 Å². The van der Waals surface area contributed by atoms with Crippen LogP contribution >= 0.6 is 15.9 Å². The van der Waals surface area contributed by atoms with Crippen molar-refractivity contribution in [2.75, 3.05) is 0 Å². The highest BCUT2D eigenvalue weighted by molar-refractivity contribution is 9.10. The Balaban J connectivity index is 1.92. The number of carbonyl (C=O) groups is 1. The second-order valence-electron chi connectivity index (χ2n) is 5.52. The summed E-state index contributed by atoms with van der Waals surface area (Å²) in [5.74, 6) is -0.345. The summed E-state index contributed by atoms with van der Waals surface area (Å²) < 4.78 is 6.29. The van der Waals surface area contributed by atoms with E-state index in [1.807, 2.05) is 38.1 Å². The van der Waals surface area contributed by atoms with Gasteiger partial charge in [-0.1, -0.05) is 40.2 Å². The number of hydrogen-bond acceptors (Lipinski definition) is 3. The number of nitrogens with one attached hydrogen (secondary N) is 1. The fourth-order valence-corrected chi connectivity index (χ4v) is 2.35. The van der Waals surface area contributed by atoms with Crippen LogP contribution in [0.3, 0.4) is 0 Å². The molecule has 0 unspecified atom stereocenters. The van der Waals surface area contributed by atoms with Crippen molar-refractivity contribution in [2.24, 2.45) is 0 Å². The largest absolute Gasteiger partial charge is 0.507 e. The monoisotopic (exact) mass is 377 g/mol. The third-order valence-corrected chi connectivity index (χ3v) is 3.76. The van der Waals surface area contributed by atoms with E-state index in [1.165, 1.54) is 6.07 Å². The molecule has 23 heavy (non-hydrogen) atoms. The first-order valence-corrected chi connectivity index (χ1v) is 8.21. The molecule has 0 spiro atoms. The van der Waals surface area contributed by atoms with Crippen LogP contribution in [0, 0.1) is 0 Å². The van der Waals surface area contributed by atoms with E-state index in [0.717, 1.165) is 15.6 Å². The lowest BCUT2D eigenvalue weighted by molar-refractivity contribution is 0.0657. The van der Waals surface area contributed by atoms with Crippen molar-refractivity contribution in [3.8, 4) is 5.75 Å². The molecule has 1 amide bonds. The number of amides is 1. The normalized spacial score (nSPS) is 10.8. The van der Waals surface area contributed by atoms with Crippen LogP contribution in [0.2, 0.25) is 0 Å². The third-order valence-electron chi connectivity index (χ3n) is 3.26. The molecule has 0 aliphatic carbocycles.